The average Bonchev–Trinajstić information content (AvgIpc) is 3.29. The van der Waals surface area contributed by atoms with E-state index in [1.807, 2.05) is 62.4 Å². The van der Waals surface area contributed by atoms with Crippen molar-refractivity contribution in [2.75, 3.05) is 6.61 Å². The number of hydrogen-bond donors (Lipinski definition) is 2. The van der Waals surface area contributed by atoms with Crippen molar-refractivity contribution in [3.63, 3.8) is 0 Å². The fraction of sp³-hybridized carbons (Fsp3) is 0.240. The number of benzene rings is 2. The van der Waals surface area contributed by atoms with Crippen molar-refractivity contribution in [1.29, 1.82) is 0 Å². The molecule has 0 spiro atoms. The second-order valence-corrected chi connectivity index (χ2v) is 7.68. The lowest BCUT2D eigenvalue weighted by Gasteiger charge is -2.13. The van der Waals surface area contributed by atoms with Gasteiger partial charge < -0.3 is 9.72 Å². The Morgan fingerprint density at radius 2 is 1.77 bits per heavy atom. The van der Waals surface area contributed by atoms with Crippen LogP contribution in [0.5, 0.6) is 5.75 Å². The molecule has 0 saturated carbocycles. The third-order valence-electron chi connectivity index (χ3n) is 5.29. The molecular formula is C25H26N4O2. The highest BCUT2D eigenvalue weighted by atomic mass is 16.5. The Labute approximate surface area is 181 Å². The topological polar surface area (TPSA) is 83.7 Å². The van der Waals surface area contributed by atoms with Crippen LogP contribution in [0.2, 0.25) is 0 Å². The van der Waals surface area contributed by atoms with E-state index < -0.39 is 0 Å². The third kappa shape index (κ3) is 4.43. The number of pyridine rings is 1. The van der Waals surface area contributed by atoms with Crippen molar-refractivity contribution >= 4 is 0 Å². The fourth-order valence-corrected chi connectivity index (χ4v) is 3.54. The lowest BCUT2D eigenvalue weighted by molar-refractivity contribution is 0.307. The van der Waals surface area contributed by atoms with Gasteiger partial charge in [-0.15, -0.1) is 0 Å². The van der Waals surface area contributed by atoms with Crippen LogP contribution in [-0.4, -0.2) is 26.8 Å². The zero-order valence-corrected chi connectivity index (χ0v) is 18.0. The van der Waals surface area contributed by atoms with Gasteiger partial charge in [0.2, 0.25) is 0 Å². The highest BCUT2D eigenvalue weighted by Gasteiger charge is 2.17. The number of aromatic amines is 2. The summed E-state index contributed by atoms with van der Waals surface area (Å²) < 4.78 is 5.87. The zero-order valence-electron chi connectivity index (χ0n) is 18.0. The van der Waals surface area contributed by atoms with E-state index in [4.69, 9.17) is 4.74 Å². The van der Waals surface area contributed by atoms with E-state index in [0.717, 1.165) is 52.1 Å². The van der Waals surface area contributed by atoms with E-state index in [9.17, 15) is 4.79 Å². The van der Waals surface area contributed by atoms with Crippen LogP contribution in [0.3, 0.4) is 0 Å². The summed E-state index contributed by atoms with van der Waals surface area (Å²) in [6.45, 7) is 6.91. The smallest absolute Gasteiger partial charge is 0.260 e. The highest BCUT2D eigenvalue weighted by molar-refractivity contribution is 5.83. The van der Waals surface area contributed by atoms with Crippen LogP contribution < -0.4 is 10.3 Å². The molecule has 2 aromatic heterocycles. The molecule has 0 fully saturated rings. The molecule has 0 aliphatic carbocycles. The first-order valence-electron chi connectivity index (χ1n) is 10.5. The van der Waals surface area contributed by atoms with Crippen LogP contribution in [0.15, 0.2) is 59.7 Å². The normalized spacial score (nSPS) is 10.9. The molecule has 0 bridgehead atoms. The fourth-order valence-electron chi connectivity index (χ4n) is 3.54. The monoisotopic (exact) mass is 414 g/mol. The minimum atomic E-state index is -0.217. The molecule has 31 heavy (non-hydrogen) atoms. The number of unbranched alkanes of at least 4 members (excludes halogenated alkanes) is 1. The van der Waals surface area contributed by atoms with Crippen LogP contribution in [0.25, 0.3) is 33.8 Å². The lowest BCUT2D eigenvalue weighted by Crippen LogP contribution is -2.12. The molecule has 0 aliphatic heterocycles. The maximum atomic E-state index is 13.1. The molecule has 0 aliphatic rings. The molecule has 2 N–H and O–H groups in total. The SMILES string of the molecule is CCCCOc1ccc(-c2cc(-c3ccc(C)cc3)c(-c3ncn[nH]3)c(=O)[nH]2)cc1C. The number of nitrogens with zero attached hydrogens (tertiary/aromatic N) is 2. The summed E-state index contributed by atoms with van der Waals surface area (Å²) in [5, 5.41) is 6.74. The van der Waals surface area contributed by atoms with E-state index in [-0.39, 0.29) is 5.56 Å². The van der Waals surface area contributed by atoms with Crippen molar-refractivity contribution in [3.8, 4) is 39.5 Å². The largest absolute Gasteiger partial charge is 0.493 e. The molecule has 2 heterocycles. The minimum Gasteiger partial charge on any atom is -0.493 e. The number of rotatable bonds is 7. The Bertz CT molecular complexity index is 1230. The first kappa shape index (κ1) is 20.6. The second-order valence-electron chi connectivity index (χ2n) is 7.68. The van der Waals surface area contributed by atoms with Gasteiger partial charge in [-0.1, -0.05) is 43.2 Å². The summed E-state index contributed by atoms with van der Waals surface area (Å²) in [5.74, 6) is 1.32. The zero-order chi connectivity index (χ0) is 21.8. The number of hydrogen-bond acceptors (Lipinski definition) is 4. The van der Waals surface area contributed by atoms with Gasteiger partial charge in [-0.2, -0.15) is 5.10 Å². The van der Waals surface area contributed by atoms with E-state index in [2.05, 4.69) is 27.1 Å². The summed E-state index contributed by atoms with van der Waals surface area (Å²) in [6, 6.07) is 16.1. The quantitative estimate of drug-likeness (QED) is 0.403. The maximum Gasteiger partial charge on any atom is 0.260 e. The Morgan fingerprint density at radius 3 is 2.45 bits per heavy atom. The van der Waals surface area contributed by atoms with E-state index in [1.54, 1.807) is 0 Å². The van der Waals surface area contributed by atoms with Crippen LogP contribution in [0.4, 0.5) is 0 Å². The molecule has 158 valence electrons. The van der Waals surface area contributed by atoms with Crippen LogP contribution >= 0.6 is 0 Å². The van der Waals surface area contributed by atoms with Crippen LogP contribution in [0.1, 0.15) is 30.9 Å². The molecule has 2 aromatic carbocycles. The first-order valence-corrected chi connectivity index (χ1v) is 10.5. The number of aryl methyl sites for hydroxylation is 2. The number of aromatic nitrogens is 4. The molecule has 0 unspecified atom stereocenters. The van der Waals surface area contributed by atoms with Gasteiger partial charge in [0.25, 0.3) is 5.56 Å². The predicted molar refractivity (Wildman–Crippen MR) is 123 cm³/mol. The summed E-state index contributed by atoms with van der Waals surface area (Å²) in [6.07, 6.45) is 3.53. The third-order valence-corrected chi connectivity index (χ3v) is 5.29. The standard InChI is InChI=1S/C25H26N4O2/c1-4-5-12-31-22-11-10-19(13-17(22)3)21-14-20(18-8-6-16(2)7-9-18)23(25(30)28-21)24-26-15-27-29-24/h6-11,13-15H,4-5,12H2,1-3H3,(H,28,30)(H,26,27,29). The average molecular weight is 415 g/mol. The van der Waals surface area contributed by atoms with Crippen LogP contribution in [0, 0.1) is 13.8 Å². The van der Waals surface area contributed by atoms with Crippen molar-refractivity contribution in [2.45, 2.75) is 33.6 Å². The van der Waals surface area contributed by atoms with Crippen molar-refractivity contribution in [2.24, 2.45) is 0 Å². The van der Waals surface area contributed by atoms with Gasteiger partial charge in [0.1, 0.15) is 12.1 Å². The molecular weight excluding hydrogens is 388 g/mol. The lowest BCUT2D eigenvalue weighted by atomic mass is 9.97. The second kappa shape index (κ2) is 9.00. The van der Waals surface area contributed by atoms with E-state index in [1.165, 1.54) is 6.33 Å². The first-order chi connectivity index (χ1) is 15.1. The highest BCUT2D eigenvalue weighted by Crippen LogP contribution is 2.32. The maximum absolute atomic E-state index is 13.1. The van der Waals surface area contributed by atoms with Gasteiger partial charge >= 0.3 is 0 Å². The predicted octanol–water partition coefficient (Wildman–Crippen LogP) is 5.29. The summed E-state index contributed by atoms with van der Waals surface area (Å²) in [5.41, 5.74) is 5.86. The molecule has 6 nitrogen and oxygen atoms in total. The van der Waals surface area contributed by atoms with E-state index >= 15 is 0 Å². The van der Waals surface area contributed by atoms with Gasteiger partial charge in [0.15, 0.2) is 5.82 Å². The Morgan fingerprint density at radius 1 is 1.00 bits per heavy atom. The Kier molecular flexibility index (Phi) is 5.98. The Balaban J connectivity index is 1.80. The molecule has 4 aromatic rings. The van der Waals surface area contributed by atoms with Gasteiger partial charge in [0.05, 0.1) is 12.2 Å². The van der Waals surface area contributed by atoms with Crippen LogP contribution in [-0.2, 0) is 0 Å². The summed E-state index contributed by atoms with van der Waals surface area (Å²) >= 11 is 0. The van der Waals surface area contributed by atoms with Gasteiger partial charge in [-0.25, -0.2) is 4.98 Å². The number of ether oxygens (including phenoxy) is 1. The van der Waals surface area contributed by atoms with E-state index in [0.29, 0.717) is 18.0 Å². The summed E-state index contributed by atoms with van der Waals surface area (Å²) in [7, 11) is 0. The van der Waals surface area contributed by atoms with Crippen molar-refractivity contribution in [3.05, 3.63) is 76.3 Å². The summed E-state index contributed by atoms with van der Waals surface area (Å²) in [4.78, 5) is 20.4. The van der Waals surface area contributed by atoms with Gasteiger partial charge in [-0.3, -0.25) is 9.89 Å². The van der Waals surface area contributed by atoms with Gasteiger partial charge in [-0.05, 0) is 61.2 Å². The number of nitrogens with one attached hydrogen (secondary N) is 2. The molecule has 0 atom stereocenters. The number of H-pyrrole nitrogens is 2. The molecule has 0 saturated heterocycles. The van der Waals surface area contributed by atoms with Crippen molar-refractivity contribution in [1.82, 2.24) is 20.2 Å². The molecule has 0 amide bonds. The van der Waals surface area contributed by atoms with Crippen molar-refractivity contribution < 1.29 is 4.74 Å². The Hall–Kier alpha value is -3.67. The molecule has 4 rings (SSSR count). The van der Waals surface area contributed by atoms with Gasteiger partial charge in [0, 0.05) is 11.3 Å². The minimum absolute atomic E-state index is 0.217. The molecule has 0 radical (unpaired) electrons. The molecule has 6 heteroatoms.